The summed E-state index contributed by atoms with van der Waals surface area (Å²) in [7, 11) is 0. The lowest BCUT2D eigenvalue weighted by atomic mass is 9.70. The van der Waals surface area contributed by atoms with E-state index in [1.165, 1.54) is 36.0 Å². The molecule has 0 aliphatic heterocycles. The van der Waals surface area contributed by atoms with Crippen molar-refractivity contribution < 1.29 is 0 Å². The molecule has 1 heteroatoms. The highest BCUT2D eigenvalue weighted by Crippen LogP contribution is 2.41. The normalized spacial score (nSPS) is 29.3. The van der Waals surface area contributed by atoms with Crippen LogP contribution in [0.25, 0.3) is 0 Å². The van der Waals surface area contributed by atoms with E-state index in [0.29, 0.717) is 11.8 Å². The predicted molar refractivity (Wildman–Crippen MR) is 74.2 cm³/mol. The van der Waals surface area contributed by atoms with Crippen LogP contribution in [0, 0.1) is 25.7 Å². The molecule has 1 aromatic rings. The molecule has 3 atom stereocenters. The second-order valence-electron chi connectivity index (χ2n) is 5.88. The number of hydrogen-bond donors (Lipinski definition) is 1. The average molecular weight is 231 g/mol. The molecule has 1 fully saturated rings. The lowest BCUT2D eigenvalue weighted by Gasteiger charge is -2.35. The fraction of sp³-hybridized carbons (Fsp3) is 0.625. The van der Waals surface area contributed by atoms with Crippen LogP contribution >= 0.6 is 0 Å². The van der Waals surface area contributed by atoms with E-state index in [9.17, 15) is 0 Å². The number of hydrogen-bond acceptors (Lipinski definition) is 1. The molecule has 0 spiro atoms. The summed E-state index contributed by atoms with van der Waals surface area (Å²) in [6.07, 6.45) is 3.96. The summed E-state index contributed by atoms with van der Waals surface area (Å²) in [5.41, 5.74) is 10.3. The van der Waals surface area contributed by atoms with E-state index in [1.54, 1.807) is 0 Å². The Labute approximate surface area is 105 Å². The summed E-state index contributed by atoms with van der Waals surface area (Å²) < 4.78 is 0. The second kappa shape index (κ2) is 5.22. The molecule has 3 unspecified atom stereocenters. The van der Waals surface area contributed by atoms with E-state index in [1.807, 2.05) is 0 Å². The maximum absolute atomic E-state index is 5.96. The third-order valence-electron chi connectivity index (χ3n) is 4.38. The molecule has 1 nitrogen and oxygen atoms in total. The van der Waals surface area contributed by atoms with E-state index in [-0.39, 0.29) is 0 Å². The Hall–Kier alpha value is -0.820. The van der Waals surface area contributed by atoms with Crippen molar-refractivity contribution in [2.75, 3.05) is 6.54 Å². The molecule has 0 heterocycles. The van der Waals surface area contributed by atoms with Crippen LogP contribution in [0.4, 0.5) is 0 Å². The zero-order valence-electron chi connectivity index (χ0n) is 11.4. The minimum atomic E-state index is 0.685. The Kier molecular flexibility index (Phi) is 3.88. The fourth-order valence-electron chi connectivity index (χ4n) is 3.35. The molecule has 0 saturated heterocycles. The van der Waals surface area contributed by atoms with Crippen LogP contribution in [0.5, 0.6) is 0 Å². The Balaban J connectivity index is 2.28. The zero-order valence-corrected chi connectivity index (χ0v) is 11.4. The van der Waals surface area contributed by atoms with Gasteiger partial charge in [-0.15, -0.1) is 0 Å². The average Bonchev–Trinajstić information content (AvgIpc) is 2.29. The molecule has 1 aromatic carbocycles. The predicted octanol–water partition coefficient (Wildman–Crippen LogP) is 3.78. The largest absolute Gasteiger partial charge is 0.330 e. The molecule has 1 saturated carbocycles. The SMILES string of the molecule is Cc1ccc(C2CC(C)CCC2CN)c(C)c1. The first-order valence-electron chi connectivity index (χ1n) is 6.89. The van der Waals surface area contributed by atoms with E-state index in [2.05, 4.69) is 39.0 Å². The van der Waals surface area contributed by atoms with Gasteiger partial charge >= 0.3 is 0 Å². The molecule has 1 aliphatic rings. The molecule has 0 bridgehead atoms. The maximum atomic E-state index is 5.96. The molecule has 0 aromatic heterocycles. The van der Waals surface area contributed by atoms with Gasteiger partial charge in [0.15, 0.2) is 0 Å². The zero-order chi connectivity index (χ0) is 12.4. The summed E-state index contributed by atoms with van der Waals surface area (Å²) in [6.45, 7) is 7.63. The first-order valence-corrected chi connectivity index (χ1v) is 6.89. The van der Waals surface area contributed by atoms with Crippen LogP contribution < -0.4 is 5.73 Å². The van der Waals surface area contributed by atoms with Crippen molar-refractivity contribution in [2.45, 2.75) is 46.0 Å². The third-order valence-corrected chi connectivity index (χ3v) is 4.38. The van der Waals surface area contributed by atoms with E-state index in [0.717, 1.165) is 12.5 Å². The van der Waals surface area contributed by atoms with Gasteiger partial charge in [-0.2, -0.15) is 0 Å². The molecule has 2 N–H and O–H groups in total. The molecular formula is C16H25N. The highest BCUT2D eigenvalue weighted by atomic mass is 14.6. The van der Waals surface area contributed by atoms with Gasteiger partial charge in [0.25, 0.3) is 0 Å². The molecular weight excluding hydrogens is 206 g/mol. The summed E-state index contributed by atoms with van der Waals surface area (Å²) in [6, 6.07) is 6.88. The van der Waals surface area contributed by atoms with Crippen molar-refractivity contribution in [1.29, 1.82) is 0 Å². The highest BCUT2D eigenvalue weighted by molar-refractivity contribution is 5.34. The molecule has 94 valence electrons. The van der Waals surface area contributed by atoms with Crippen LogP contribution in [0.15, 0.2) is 18.2 Å². The molecule has 2 rings (SSSR count). The first-order chi connectivity index (χ1) is 8.11. The Morgan fingerprint density at radius 3 is 2.65 bits per heavy atom. The van der Waals surface area contributed by atoms with Gasteiger partial charge in [-0.1, -0.05) is 37.1 Å². The van der Waals surface area contributed by atoms with Gasteiger partial charge in [0.1, 0.15) is 0 Å². The van der Waals surface area contributed by atoms with Crippen LogP contribution in [-0.4, -0.2) is 6.54 Å². The molecule has 0 radical (unpaired) electrons. The minimum absolute atomic E-state index is 0.685. The van der Waals surface area contributed by atoms with Crippen LogP contribution in [0.2, 0.25) is 0 Å². The Morgan fingerprint density at radius 1 is 1.24 bits per heavy atom. The van der Waals surface area contributed by atoms with Crippen LogP contribution in [0.3, 0.4) is 0 Å². The fourth-order valence-corrected chi connectivity index (χ4v) is 3.35. The lowest BCUT2D eigenvalue weighted by molar-refractivity contribution is 0.253. The van der Waals surface area contributed by atoms with Gasteiger partial charge in [0, 0.05) is 0 Å². The molecule has 1 aliphatic carbocycles. The molecule has 0 amide bonds. The van der Waals surface area contributed by atoms with Crippen LogP contribution in [0.1, 0.15) is 48.8 Å². The van der Waals surface area contributed by atoms with Crippen LogP contribution in [-0.2, 0) is 0 Å². The standard InChI is InChI=1S/C16H25N/c1-11-5-7-15(13(3)8-11)16-9-12(2)4-6-14(16)10-17/h5,7-8,12,14,16H,4,6,9-10,17H2,1-3H3. The lowest BCUT2D eigenvalue weighted by Crippen LogP contribution is -2.28. The first kappa shape index (κ1) is 12.6. The van der Waals surface area contributed by atoms with Gasteiger partial charge in [-0.25, -0.2) is 0 Å². The summed E-state index contributed by atoms with van der Waals surface area (Å²) >= 11 is 0. The number of aryl methyl sites for hydroxylation is 2. The second-order valence-corrected chi connectivity index (χ2v) is 5.88. The smallest absolute Gasteiger partial charge is 0.00430 e. The summed E-state index contributed by atoms with van der Waals surface area (Å²) in [4.78, 5) is 0. The number of rotatable bonds is 2. The maximum Gasteiger partial charge on any atom is -0.00430 e. The summed E-state index contributed by atoms with van der Waals surface area (Å²) in [5.74, 6) is 2.22. The topological polar surface area (TPSA) is 26.0 Å². The van der Waals surface area contributed by atoms with Gasteiger partial charge < -0.3 is 5.73 Å². The number of nitrogens with two attached hydrogens (primary N) is 1. The van der Waals surface area contributed by atoms with E-state index in [4.69, 9.17) is 5.73 Å². The monoisotopic (exact) mass is 231 g/mol. The van der Waals surface area contributed by atoms with Crippen molar-refractivity contribution in [3.63, 3.8) is 0 Å². The van der Waals surface area contributed by atoms with Gasteiger partial charge in [0.2, 0.25) is 0 Å². The minimum Gasteiger partial charge on any atom is -0.330 e. The molecule has 17 heavy (non-hydrogen) atoms. The Morgan fingerprint density at radius 2 is 2.00 bits per heavy atom. The van der Waals surface area contributed by atoms with Gasteiger partial charge in [-0.3, -0.25) is 0 Å². The quantitative estimate of drug-likeness (QED) is 0.823. The van der Waals surface area contributed by atoms with E-state index < -0.39 is 0 Å². The van der Waals surface area contributed by atoms with E-state index >= 15 is 0 Å². The van der Waals surface area contributed by atoms with Gasteiger partial charge in [-0.05, 0) is 62.1 Å². The van der Waals surface area contributed by atoms with Crippen molar-refractivity contribution in [3.05, 3.63) is 34.9 Å². The third kappa shape index (κ3) is 2.71. The van der Waals surface area contributed by atoms with Crippen molar-refractivity contribution in [1.82, 2.24) is 0 Å². The van der Waals surface area contributed by atoms with Crippen molar-refractivity contribution in [3.8, 4) is 0 Å². The highest BCUT2D eigenvalue weighted by Gasteiger charge is 2.29. The van der Waals surface area contributed by atoms with Gasteiger partial charge in [0.05, 0.1) is 0 Å². The number of benzene rings is 1. The van der Waals surface area contributed by atoms with Crippen molar-refractivity contribution in [2.24, 2.45) is 17.6 Å². The Bertz CT molecular complexity index is 383. The van der Waals surface area contributed by atoms with Crippen molar-refractivity contribution >= 4 is 0 Å². The summed E-state index contributed by atoms with van der Waals surface area (Å²) in [5, 5.41) is 0.